The molecule has 7 nitrogen and oxygen atoms in total. The molecule has 1 aliphatic heterocycles. The molecule has 3 rings (SSSR count). The van der Waals surface area contributed by atoms with Gasteiger partial charge in [0.2, 0.25) is 5.91 Å². The predicted octanol–water partition coefficient (Wildman–Crippen LogP) is 2.78. The molecular formula is C17H22N6O. The van der Waals surface area contributed by atoms with E-state index in [-0.39, 0.29) is 11.9 Å². The highest BCUT2D eigenvalue weighted by atomic mass is 16.2. The zero-order valence-corrected chi connectivity index (χ0v) is 14.1. The highest BCUT2D eigenvalue weighted by Gasteiger charge is 2.28. The maximum absolute atomic E-state index is 12.3. The Morgan fingerprint density at radius 3 is 2.92 bits per heavy atom. The fraction of sp³-hybridized carbons (Fsp3) is 0.471. The van der Waals surface area contributed by atoms with Crippen molar-refractivity contribution in [3.8, 4) is 0 Å². The predicted molar refractivity (Wildman–Crippen MR) is 90.7 cm³/mol. The third kappa shape index (κ3) is 3.67. The van der Waals surface area contributed by atoms with E-state index in [0.29, 0.717) is 23.9 Å². The normalized spacial score (nSPS) is 17.6. The summed E-state index contributed by atoms with van der Waals surface area (Å²) in [5, 5.41) is 3.15. The molecule has 1 amide bonds. The molecule has 0 aromatic carbocycles. The third-order valence-corrected chi connectivity index (χ3v) is 4.14. The van der Waals surface area contributed by atoms with Crippen LogP contribution in [0.15, 0.2) is 24.7 Å². The monoisotopic (exact) mass is 326 g/mol. The summed E-state index contributed by atoms with van der Waals surface area (Å²) in [6, 6.07) is 1.93. The van der Waals surface area contributed by atoms with Crippen LogP contribution in [0.5, 0.6) is 0 Å². The number of carbonyl (C=O) groups is 1. The van der Waals surface area contributed by atoms with E-state index in [1.165, 1.54) is 0 Å². The van der Waals surface area contributed by atoms with E-state index in [4.69, 9.17) is 0 Å². The van der Waals surface area contributed by atoms with Crippen molar-refractivity contribution in [3.05, 3.63) is 36.2 Å². The van der Waals surface area contributed by atoms with E-state index >= 15 is 0 Å². The van der Waals surface area contributed by atoms with Gasteiger partial charge in [-0.1, -0.05) is 6.92 Å². The molecule has 1 N–H and O–H groups in total. The van der Waals surface area contributed by atoms with Gasteiger partial charge >= 0.3 is 0 Å². The molecule has 0 saturated carbocycles. The average molecular weight is 326 g/mol. The molecule has 1 aliphatic rings. The van der Waals surface area contributed by atoms with Crippen molar-refractivity contribution in [2.24, 2.45) is 0 Å². The van der Waals surface area contributed by atoms with Crippen molar-refractivity contribution in [1.82, 2.24) is 24.8 Å². The maximum atomic E-state index is 12.3. The van der Waals surface area contributed by atoms with Crippen molar-refractivity contribution in [2.45, 2.75) is 45.6 Å². The number of anilines is 2. The minimum atomic E-state index is 0.0234. The van der Waals surface area contributed by atoms with Crippen LogP contribution in [-0.4, -0.2) is 37.3 Å². The lowest BCUT2D eigenvalue weighted by Gasteiger charge is -2.35. The molecule has 7 heteroatoms. The number of piperidine rings is 1. The third-order valence-electron chi connectivity index (χ3n) is 4.14. The van der Waals surface area contributed by atoms with Gasteiger partial charge in [0, 0.05) is 31.4 Å². The maximum Gasteiger partial charge on any atom is 0.222 e. The van der Waals surface area contributed by atoms with Crippen molar-refractivity contribution < 1.29 is 4.79 Å². The lowest BCUT2D eigenvalue weighted by Crippen LogP contribution is -2.38. The Morgan fingerprint density at radius 2 is 2.17 bits per heavy atom. The standard InChI is InChI=1S/C17H22N6O/c1-3-17(24)23-9-5-4-6-14(23)13-10-15(21-12(2)20-13)22-16-11-18-7-8-19-16/h7-8,10-11,14H,3-6,9H2,1-2H3,(H,19,20,21,22)/t14-/m1/s1. The fourth-order valence-corrected chi connectivity index (χ4v) is 3.06. The molecular weight excluding hydrogens is 304 g/mol. The number of hydrogen-bond donors (Lipinski definition) is 1. The van der Waals surface area contributed by atoms with Gasteiger partial charge < -0.3 is 10.2 Å². The van der Waals surface area contributed by atoms with Gasteiger partial charge in [-0.15, -0.1) is 0 Å². The number of likely N-dealkylation sites (tertiary alicyclic amines) is 1. The summed E-state index contributed by atoms with van der Waals surface area (Å²) in [4.78, 5) is 31.5. The van der Waals surface area contributed by atoms with Crippen molar-refractivity contribution in [1.29, 1.82) is 0 Å². The first-order chi connectivity index (χ1) is 11.7. The largest absolute Gasteiger partial charge is 0.334 e. The van der Waals surface area contributed by atoms with E-state index < -0.39 is 0 Å². The molecule has 0 spiro atoms. The highest BCUT2D eigenvalue weighted by molar-refractivity contribution is 5.76. The van der Waals surface area contributed by atoms with Gasteiger partial charge in [-0.2, -0.15) is 0 Å². The first-order valence-corrected chi connectivity index (χ1v) is 8.35. The molecule has 1 saturated heterocycles. The Bertz CT molecular complexity index is 705. The van der Waals surface area contributed by atoms with E-state index in [2.05, 4.69) is 25.3 Å². The number of aryl methyl sites for hydroxylation is 1. The number of amides is 1. The van der Waals surface area contributed by atoms with Crippen LogP contribution in [0.3, 0.4) is 0 Å². The summed E-state index contributed by atoms with van der Waals surface area (Å²) in [6.07, 6.45) is 8.51. The number of hydrogen-bond acceptors (Lipinski definition) is 6. The zero-order chi connectivity index (χ0) is 16.9. The number of rotatable bonds is 4. The Balaban J connectivity index is 1.88. The summed E-state index contributed by atoms with van der Waals surface area (Å²) < 4.78 is 0. The molecule has 1 atom stereocenters. The average Bonchev–Trinajstić information content (AvgIpc) is 2.61. The SMILES string of the molecule is CCC(=O)N1CCCC[C@@H]1c1cc(Nc2cnccn2)nc(C)n1. The summed E-state index contributed by atoms with van der Waals surface area (Å²) in [5.41, 5.74) is 0.885. The summed E-state index contributed by atoms with van der Waals surface area (Å²) in [5.74, 6) is 2.16. The summed E-state index contributed by atoms with van der Waals surface area (Å²) >= 11 is 0. The second-order valence-corrected chi connectivity index (χ2v) is 5.89. The Hall–Kier alpha value is -2.57. The topological polar surface area (TPSA) is 83.9 Å². The molecule has 2 aromatic rings. The quantitative estimate of drug-likeness (QED) is 0.930. The van der Waals surface area contributed by atoms with Crippen LogP contribution in [0, 0.1) is 6.92 Å². The molecule has 0 aliphatic carbocycles. The Labute approximate surface area is 141 Å². The zero-order valence-electron chi connectivity index (χ0n) is 14.1. The fourth-order valence-electron chi connectivity index (χ4n) is 3.06. The second kappa shape index (κ2) is 7.33. The molecule has 2 aromatic heterocycles. The van der Waals surface area contributed by atoms with E-state index in [9.17, 15) is 4.79 Å². The van der Waals surface area contributed by atoms with Crippen molar-refractivity contribution in [3.63, 3.8) is 0 Å². The van der Waals surface area contributed by atoms with Crippen LogP contribution in [0.2, 0.25) is 0 Å². The van der Waals surface area contributed by atoms with Gasteiger partial charge in [-0.25, -0.2) is 15.0 Å². The van der Waals surface area contributed by atoms with E-state index in [0.717, 1.165) is 31.5 Å². The lowest BCUT2D eigenvalue weighted by atomic mass is 9.98. The molecule has 0 unspecified atom stereocenters. The first-order valence-electron chi connectivity index (χ1n) is 8.35. The van der Waals surface area contributed by atoms with Crippen LogP contribution in [0.25, 0.3) is 0 Å². The van der Waals surface area contributed by atoms with Crippen molar-refractivity contribution in [2.75, 3.05) is 11.9 Å². The van der Waals surface area contributed by atoms with Crippen LogP contribution >= 0.6 is 0 Å². The van der Waals surface area contributed by atoms with E-state index in [1.54, 1.807) is 18.6 Å². The van der Waals surface area contributed by atoms with Gasteiger partial charge in [0.15, 0.2) is 0 Å². The minimum absolute atomic E-state index is 0.0234. The van der Waals surface area contributed by atoms with Gasteiger partial charge in [0.25, 0.3) is 0 Å². The Kier molecular flexibility index (Phi) is 4.98. The van der Waals surface area contributed by atoms with Crippen LogP contribution < -0.4 is 5.32 Å². The van der Waals surface area contributed by atoms with Gasteiger partial charge in [0.05, 0.1) is 17.9 Å². The molecule has 0 bridgehead atoms. The molecule has 3 heterocycles. The smallest absolute Gasteiger partial charge is 0.222 e. The van der Waals surface area contributed by atoms with Crippen LogP contribution in [0.4, 0.5) is 11.6 Å². The number of nitrogens with one attached hydrogen (secondary N) is 1. The van der Waals surface area contributed by atoms with Gasteiger partial charge in [-0.05, 0) is 26.2 Å². The van der Waals surface area contributed by atoms with Crippen LogP contribution in [-0.2, 0) is 4.79 Å². The number of nitrogens with zero attached hydrogens (tertiary/aromatic N) is 5. The molecule has 126 valence electrons. The highest BCUT2D eigenvalue weighted by Crippen LogP contribution is 2.31. The number of carbonyl (C=O) groups excluding carboxylic acids is 1. The number of aromatic nitrogens is 4. The van der Waals surface area contributed by atoms with E-state index in [1.807, 2.05) is 24.8 Å². The van der Waals surface area contributed by atoms with Gasteiger partial charge in [0.1, 0.15) is 17.5 Å². The second-order valence-electron chi connectivity index (χ2n) is 5.89. The molecule has 0 radical (unpaired) electrons. The summed E-state index contributed by atoms with van der Waals surface area (Å²) in [7, 11) is 0. The molecule has 1 fully saturated rings. The summed E-state index contributed by atoms with van der Waals surface area (Å²) in [6.45, 7) is 4.56. The molecule has 24 heavy (non-hydrogen) atoms. The first kappa shape index (κ1) is 16.3. The van der Waals surface area contributed by atoms with Crippen molar-refractivity contribution >= 4 is 17.5 Å². The van der Waals surface area contributed by atoms with Gasteiger partial charge in [-0.3, -0.25) is 9.78 Å². The minimum Gasteiger partial charge on any atom is -0.334 e. The Morgan fingerprint density at radius 1 is 1.29 bits per heavy atom. The lowest BCUT2D eigenvalue weighted by molar-refractivity contribution is -0.134. The van der Waals surface area contributed by atoms with Crippen LogP contribution in [0.1, 0.15) is 50.2 Å².